The average molecular weight is 239 g/mol. The molecule has 0 spiro atoms. The molecule has 3 rings (SSSR count). The zero-order valence-corrected chi connectivity index (χ0v) is 10.5. The van der Waals surface area contributed by atoms with Crippen molar-refractivity contribution < 1.29 is 4.74 Å². The second-order valence-electron chi connectivity index (χ2n) is 4.67. The molecule has 2 aromatic rings. The topological polar surface area (TPSA) is 12.2 Å². The first-order valence-corrected chi connectivity index (χ1v) is 6.29. The Balaban J connectivity index is 1.71. The van der Waals surface area contributed by atoms with E-state index in [0.717, 1.165) is 18.8 Å². The van der Waals surface area contributed by atoms with Crippen molar-refractivity contribution >= 4 is 0 Å². The Kier molecular flexibility index (Phi) is 3.03. The van der Waals surface area contributed by atoms with Gasteiger partial charge in [-0.15, -0.1) is 0 Å². The number of ether oxygens (including phenoxy) is 1. The Morgan fingerprint density at radius 1 is 1.06 bits per heavy atom. The van der Waals surface area contributed by atoms with Crippen molar-refractivity contribution in [3.63, 3.8) is 0 Å². The number of hydrogen-bond acceptors (Lipinski definition) is 2. The summed E-state index contributed by atoms with van der Waals surface area (Å²) in [6.07, 6.45) is 0. The van der Waals surface area contributed by atoms with Crippen LogP contribution in [-0.2, 0) is 6.54 Å². The van der Waals surface area contributed by atoms with E-state index in [2.05, 4.69) is 47.4 Å². The van der Waals surface area contributed by atoms with Gasteiger partial charge in [-0.2, -0.15) is 0 Å². The van der Waals surface area contributed by atoms with E-state index in [0.29, 0.717) is 6.04 Å². The van der Waals surface area contributed by atoms with Gasteiger partial charge in [0.2, 0.25) is 0 Å². The van der Waals surface area contributed by atoms with E-state index in [1.807, 2.05) is 12.1 Å². The van der Waals surface area contributed by atoms with Crippen LogP contribution in [0.25, 0.3) is 0 Å². The Morgan fingerprint density at radius 3 is 2.56 bits per heavy atom. The number of para-hydroxylation sites is 1. The third-order valence-electron chi connectivity index (χ3n) is 3.44. The minimum absolute atomic E-state index is 0.515. The molecule has 1 aliphatic rings. The van der Waals surface area contributed by atoms with E-state index < -0.39 is 0 Å². The van der Waals surface area contributed by atoms with E-state index in [9.17, 15) is 0 Å². The summed E-state index contributed by atoms with van der Waals surface area (Å²) >= 11 is 0. The van der Waals surface area contributed by atoms with Crippen molar-refractivity contribution in [3.05, 3.63) is 65.7 Å². The Hall–Kier alpha value is -1.80. The first-order chi connectivity index (χ1) is 8.88. The van der Waals surface area contributed by atoms with Crippen molar-refractivity contribution in [1.82, 2.24) is 4.90 Å². The van der Waals surface area contributed by atoms with Crippen LogP contribution in [0.3, 0.4) is 0 Å². The molecule has 1 heterocycles. The fourth-order valence-corrected chi connectivity index (χ4v) is 2.40. The van der Waals surface area contributed by atoms with Crippen LogP contribution in [0.2, 0.25) is 0 Å². The van der Waals surface area contributed by atoms with Crippen molar-refractivity contribution in [2.24, 2.45) is 0 Å². The van der Waals surface area contributed by atoms with Crippen molar-refractivity contribution in [3.8, 4) is 5.75 Å². The van der Waals surface area contributed by atoms with Gasteiger partial charge in [-0.25, -0.2) is 0 Å². The van der Waals surface area contributed by atoms with Crippen LogP contribution < -0.4 is 4.74 Å². The van der Waals surface area contributed by atoms with Gasteiger partial charge in [0.1, 0.15) is 5.75 Å². The molecule has 0 aromatic heterocycles. The first-order valence-electron chi connectivity index (χ1n) is 6.29. The molecule has 18 heavy (non-hydrogen) atoms. The van der Waals surface area contributed by atoms with Crippen molar-refractivity contribution in [2.45, 2.75) is 12.6 Å². The van der Waals surface area contributed by atoms with Crippen LogP contribution in [0.1, 0.15) is 17.2 Å². The zero-order chi connectivity index (χ0) is 12.4. The van der Waals surface area contributed by atoms with Crippen LogP contribution in [-0.4, -0.2) is 18.6 Å². The van der Waals surface area contributed by atoms with E-state index in [4.69, 9.17) is 4.74 Å². The van der Waals surface area contributed by atoms with Gasteiger partial charge < -0.3 is 4.74 Å². The third kappa shape index (κ3) is 2.24. The molecule has 1 saturated heterocycles. The SMILES string of the molecule is COc1ccccc1C1CN1Cc1ccccc1. The summed E-state index contributed by atoms with van der Waals surface area (Å²) in [4.78, 5) is 2.45. The second kappa shape index (κ2) is 4.83. The predicted molar refractivity (Wildman–Crippen MR) is 72.6 cm³/mol. The van der Waals surface area contributed by atoms with E-state index >= 15 is 0 Å². The molecule has 1 fully saturated rings. The van der Waals surface area contributed by atoms with Gasteiger partial charge >= 0.3 is 0 Å². The monoisotopic (exact) mass is 239 g/mol. The summed E-state index contributed by atoms with van der Waals surface area (Å²) in [6.45, 7) is 2.14. The van der Waals surface area contributed by atoms with Gasteiger partial charge in [-0.3, -0.25) is 4.90 Å². The maximum absolute atomic E-state index is 5.42. The fourth-order valence-electron chi connectivity index (χ4n) is 2.40. The van der Waals surface area contributed by atoms with Crippen molar-refractivity contribution in [2.75, 3.05) is 13.7 Å². The predicted octanol–water partition coefficient (Wildman–Crippen LogP) is 3.25. The summed E-state index contributed by atoms with van der Waals surface area (Å²) in [7, 11) is 1.74. The molecule has 2 aromatic carbocycles. The van der Waals surface area contributed by atoms with E-state index in [1.54, 1.807) is 7.11 Å². The van der Waals surface area contributed by atoms with Crippen LogP contribution in [0.4, 0.5) is 0 Å². The lowest BCUT2D eigenvalue weighted by Gasteiger charge is -2.08. The molecule has 1 aliphatic heterocycles. The lowest BCUT2D eigenvalue weighted by Crippen LogP contribution is -1.99. The van der Waals surface area contributed by atoms with Crippen LogP contribution >= 0.6 is 0 Å². The summed E-state index contributed by atoms with van der Waals surface area (Å²) < 4.78 is 5.42. The largest absolute Gasteiger partial charge is 0.496 e. The van der Waals surface area contributed by atoms with Crippen LogP contribution in [0.5, 0.6) is 5.75 Å². The highest BCUT2D eigenvalue weighted by atomic mass is 16.5. The molecule has 2 nitrogen and oxygen atoms in total. The molecule has 2 unspecified atom stereocenters. The highest BCUT2D eigenvalue weighted by molar-refractivity contribution is 5.38. The molecule has 0 radical (unpaired) electrons. The van der Waals surface area contributed by atoms with Gasteiger partial charge in [0, 0.05) is 18.7 Å². The number of rotatable bonds is 4. The molecule has 0 aliphatic carbocycles. The molecule has 0 bridgehead atoms. The van der Waals surface area contributed by atoms with Crippen LogP contribution in [0.15, 0.2) is 54.6 Å². The molecule has 2 heteroatoms. The Labute approximate surface area is 108 Å². The lowest BCUT2D eigenvalue weighted by molar-refractivity contribution is 0.404. The van der Waals surface area contributed by atoms with Gasteiger partial charge in [0.05, 0.1) is 13.2 Å². The van der Waals surface area contributed by atoms with Crippen LogP contribution in [0, 0.1) is 0 Å². The summed E-state index contributed by atoms with van der Waals surface area (Å²) in [5.41, 5.74) is 2.67. The summed E-state index contributed by atoms with van der Waals surface area (Å²) in [5, 5.41) is 0. The Bertz CT molecular complexity index is 524. The molecule has 0 saturated carbocycles. The maximum atomic E-state index is 5.42. The standard InChI is InChI=1S/C16H17NO/c1-18-16-10-6-5-9-14(16)15-12-17(15)11-13-7-3-2-4-8-13/h2-10,15H,11-12H2,1H3. The Morgan fingerprint density at radius 2 is 1.78 bits per heavy atom. The quantitative estimate of drug-likeness (QED) is 0.759. The number of hydrogen-bond donors (Lipinski definition) is 0. The molecule has 2 atom stereocenters. The van der Waals surface area contributed by atoms with Gasteiger partial charge in [0.15, 0.2) is 0 Å². The van der Waals surface area contributed by atoms with E-state index in [-0.39, 0.29) is 0 Å². The van der Waals surface area contributed by atoms with Gasteiger partial charge in [-0.1, -0.05) is 48.5 Å². The zero-order valence-electron chi connectivity index (χ0n) is 10.5. The summed E-state index contributed by atoms with van der Waals surface area (Å²) in [6, 6.07) is 19.4. The molecular weight excluding hydrogens is 222 g/mol. The fraction of sp³-hybridized carbons (Fsp3) is 0.250. The second-order valence-corrected chi connectivity index (χ2v) is 4.67. The first kappa shape index (κ1) is 11.3. The minimum Gasteiger partial charge on any atom is -0.496 e. The molecule has 92 valence electrons. The van der Waals surface area contributed by atoms with Gasteiger partial charge in [0.25, 0.3) is 0 Å². The smallest absolute Gasteiger partial charge is 0.123 e. The molecular formula is C16H17NO. The minimum atomic E-state index is 0.515. The number of methoxy groups -OCH3 is 1. The van der Waals surface area contributed by atoms with Gasteiger partial charge in [-0.05, 0) is 11.6 Å². The lowest BCUT2D eigenvalue weighted by atomic mass is 10.1. The average Bonchev–Trinajstić information content (AvgIpc) is 3.19. The normalized spacial score (nSPS) is 21.6. The number of nitrogens with zero attached hydrogens (tertiary/aromatic N) is 1. The summed E-state index contributed by atoms with van der Waals surface area (Å²) in [5.74, 6) is 0.998. The van der Waals surface area contributed by atoms with E-state index in [1.165, 1.54) is 11.1 Å². The molecule has 0 N–H and O–H groups in total. The third-order valence-corrected chi connectivity index (χ3v) is 3.44. The highest BCUT2D eigenvalue weighted by Crippen LogP contribution is 2.40. The highest BCUT2D eigenvalue weighted by Gasteiger charge is 2.36. The number of benzene rings is 2. The molecule has 0 amide bonds. The maximum Gasteiger partial charge on any atom is 0.123 e. The van der Waals surface area contributed by atoms with Crippen molar-refractivity contribution in [1.29, 1.82) is 0 Å².